The molecular weight excluding hydrogens is 444 g/mol. The van der Waals surface area contributed by atoms with E-state index in [0.29, 0.717) is 36.2 Å². The van der Waals surface area contributed by atoms with Gasteiger partial charge in [-0.25, -0.2) is 0 Å². The van der Waals surface area contributed by atoms with E-state index in [4.69, 9.17) is 9.84 Å². The molecule has 0 aromatic carbocycles. The first-order chi connectivity index (χ1) is 16.8. The Kier molecular flexibility index (Phi) is 7.30. The molecule has 4 aliphatic rings. The van der Waals surface area contributed by atoms with Crippen LogP contribution in [0.1, 0.15) is 84.4 Å². The highest BCUT2D eigenvalue weighted by atomic mass is 16.5. The number of aromatic amines is 1. The van der Waals surface area contributed by atoms with E-state index in [1.165, 1.54) is 0 Å². The topological polar surface area (TPSA) is 124 Å². The highest BCUT2D eigenvalue weighted by molar-refractivity contribution is 5.14. The van der Waals surface area contributed by atoms with E-state index in [1.54, 1.807) is 0 Å². The molecular formula is C27H46N4O4. The molecule has 8 nitrogen and oxygen atoms in total. The summed E-state index contributed by atoms with van der Waals surface area (Å²) in [7, 11) is 0. The van der Waals surface area contributed by atoms with Gasteiger partial charge in [-0.2, -0.15) is 5.21 Å². The second-order valence-electron chi connectivity index (χ2n) is 12.8. The first kappa shape index (κ1) is 25.6. The second-order valence-corrected chi connectivity index (χ2v) is 12.8. The Morgan fingerprint density at radius 1 is 1.11 bits per heavy atom. The Labute approximate surface area is 209 Å². The molecule has 4 fully saturated rings. The zero-order valence-corrected chi connectivity index (χ0v) is 21.8. The zero-order chi connectivity index (χ0) is 24.8. The third-order valence-corrected chi connectivity index (χ3v) is 11.4. The van der Waals surface area contributed by atoms with Crippen LogP contribution in [0.25, 0.3) is 0 Å². The number of aliphatic hydroxyl groups is 3. The molecule has 0 aliphatic heterocycles. The van der Waals surface area contributed by atoms with Crippen molar-refractivity contribution in [2.75, 3.05) is 13.2 Å². The maximum atomic E-state index is 11.8. The number of aliphatic hydroxyl groups excluding tert-OH is 3. The smallest absolute Gasteiger partial charge is 0.174 e. The van der Waals surface area contributed by atoms with Crippen molar-refractivity contribution in [3.63, 3.8) is 0 Å². The number of hydrogen-bond donors (Lipinski definition) is 4. The Hall–Kier alpha value is -1.09. The van der Waals surface area contributed by atoms with Crippen molar-refractivity contribution in [2.24, 2.45) is 46.3 Å². The molecule has 4 N–H and O–H groups in total. The number of aromatic nitrogens is 4. The molecule has 1 heterocycles. The number of nitrogens with zero attached hydrogens (tertiary/aromatic N) is 3. The number of H-pyrrole nitrogens is 1. The lowest BCUT2D eigenvalue weighted by Crippen LogP contribution is -2.62. The molecule has 0 bridgehead atoms. The van der Waals surface area contributed by atoms with Crippen LogP contribution in [-0.2, 0) is 11.2 Å². The molecule has 0 radical (unpaired) electrons. The standard InChI is InChI=1S/C27H46N4O4/c1-16(5-4-6-24-28-30-31-29-24)19-7-8-20-25-21(15-23(34)27(19,20)3)26(2)10-9-18(35-12-11-32)13-17(26)14-22(25)33/h16-23,25,32-34H,4-15H2,1-3H3,(H,28,29,30,31)/t16?,17-,18-,19?,20-,21-,22+,23-,25-,26-,27+/m0/s1. The van der Waals surface area contributed by atoms with Crippen molar-refractivity contribution >= 4 is 0 Å². The van der Waals surface area contributed by atoms with Gasteiger partial charge in [-0.1, -0.05) is 26.0 Å². The zero-order valence-electron chi connectivity index (χ0n) is 21.8. The van der Waals surface area contributed by atoms with E-state index in [2.05, 4.69) is 41.4 Å². The van der Waals surface area contributed by atoms with Gasteiger partial charge in [0.1, 0.15) is 0 Å². The van der Waals surface area contributed by atoms with Crippen molar-refractivity contribution < 1.29 is 20.1 Å². The van der Waals surface area contributed by atoms with Crippen molar-refractivity contribution in [1.82, 2.24) is 20.6 Å². The number of rotatable bonds is 8. The minimum atomic E-state index is -0.313. The van der Waals surface area contributed by atoms with Crippen LogP contribution in [0.5, 0.6) is 0 Å². The van der Waals surface area contributed by atoms with Crippen LogP contribution < -0.4 is 0 Å². The molecule has 4 saturated carbocycles. The lowest BCUT2D eigenvalue weighted by atomic mass is 9.43. The third-order valence-electron chi connectivity index (χ3n) is 11.4. The van der Waals surface area contributed by atoms with Crippen molar-refractivity contribution in [1.29, 1.82) is 0 Å². The molecule has 11 atom stereocenters. The van der Waals surface area contributed by atoms with Gasteiger partial charge in [0.2, 0.25) is 0 Å². The van der Waals surface area contributed by atoms with Crippen LogP contribution in [0.2, 0.25) is 0 Å². The normalized spacial score (nSPS) is 46.0. The van der Waals surface area contributed by atoms with E-state index >= 15 is 0 Å². The fraction of sp³-hybridized carbons (Fsp3) is 0.963. The van der Waals surface area contributed by atoms with Crippen molar-refractivity contribution in [3.05, 3.63) is 5.82 Å². The molecule has 0 spiro atoms. The molecule has 2 unspecified atom stereocenters. The number of aryl methyl sites for hydroxylation is 1. The lowest BCUT2D eigenvalue weighted by molar-refractivity contribution is -0.209. The number of nitrogens with one attached hydrogen (secondary N) is 1. The molecule has 0 amide bonds. The van der Waals surface area contributed by atoms with E-state index in [-0.39, 0.29) is 41.7 Å². The van der Waals surface area contributed by atoms with Crippen LogP contribution in [-0.4, -0.2) is 67.5 Å². The Morgan fingerprint density at radius 2 is 1.94 bits per heavy atom. The summed E-state index contributed by atoms with van der Waals surface area (Å²) in [5.74, 6) is 3.25. The molecule has 1 aromatic heterocycles. The van der Waals surface area contributed by atoms with E-state index in [9.17, 15) is 10.2 Å². The third kappa shape index (κ3) is 4.36. The summed E-state index contributed by atoms with van der Waals surface area (Å²) in [5.41, 5.74) is 0.0257. The molecule has 35 heavy (non-hydrogen) atoms. The molecule has 8 heteroatoms. The van der Waals surface area contributed by atoms with Gasteiger partial charge in [0.25, 0.3) is 0 Å². The van der Waals surface area contributed by atoms with Crippen LogP contribution in [0.4, 0.5) is 0 Å². The van der Waals surface area contributed by atoms with Crippen LogP contribution in [0, 0.1) is 46.3 Å². The van der Waals surface area contributed by atoms with Gasteiger partial charge in [0.15, 0.2) is 5.82 Å². The van der Waals surface area contributed by atoms with Gasteiger partial charge in [0.05, 0.1) is 31.5 Å². The number of ether oxygens (including phenoxy) is 1. The van der Waals surface area contributed by atoms with Crippen molar-refractivity contribution in [2.45, 2.75) is 103 Å². The van der Waals surface area contributed by atoms with Gasteiger partial charge in [-0.05, 0) is 104 Å². The minimum absolute atomic E-state index is 0.0644. The Balaban J connectivity index is 1.29. The molecule has 5 rings (SSSR count). The summed E-state index contributed by atoms with van der Waals surface area (Å²) in [6.45, 7) is 7.60. The molecule has 4 aliphatic carbocycles. The fourth-order valence-electron chi connectivity index (χ4n) is 9.56. The fourth-order valence-corrected chi connectivity index (χ4v) is 9.56. The Bertz CT molecular complexity index is 839. The average molecular weight is 491 g/mol. The van der Waals surface area contributed by atoms with Gasteiger partial charge < -0.3 is 20.1 Å². The largest absolute Gasteiger partial charge is 0.394 e. The Morgan fingerprint density at radius 3 is 2.69 bits per heavy atom. The van der Waals surface area contributed by atoms with Crippen molar-refractivity contribution in [3.8, 4) is 0 Å². The summed E-state index contributed by atoms with van der Waals surface area (Å²) in [6.07, 6.45) is 9.55. The average Bonchev–Trinajstić information content (AvgIpc) is 3.47. The number of fused-ring (bicyclic) bond motifs is 5. The van der Waals surface area contributed by atoms with Gasteiger partial charge in [0, 0.05) is 6.42 Å². The quantitative estimate of drug-likeness (QED) is 0.441. The molecule has 1 aromatic rings. The summed E-state index contributed by atoms with van der Waals surface area (Å²) < 4.78 is 5.91. The minimum Gasteiger partial charge on any atom is -0.394 e. The highest BCUT2D eigenvalue weighted by Crippen LogP contribution is 2.68. The first-order valence-corrected chi connectivity index (χ1v) is 14.1. The number of hydrogen-bond acceptors (Lipinski definition) is 7. The summed E-state index contributed by atoms with van der Waals surface area (Å²) >= 11 is 0. The molecule has 0 saturated heterocycles. The highest BCUT2D eigenvalue weighted by Gasteiger charge is 2.65. The first-order valence-electron chi connectivity index (χ1n) is 14.1. The lowest BCUT2D eigenvalue weighted by Gasteiger charge is -2.63. The predicted molar refractivity (Wildman–Crippen MR) is 131 cm³/mol. The van der Waals surface area contributed by atoms with E-state index in [1.807, 2.05) is 0 Å². The summed E-state index contributed by atoms with van der Waals surface area (Å²) in [6, 6.07) is 0. The van der Waals surface area contributed by atoms with Gasteiger partial charge in [-0.3, -0.25) is 0 Å². The van der Waals surface area contributed by atoms with E-state index in [0.717, 1.165) is 70.0 Å². The van der Waals surface area contributed by atoms with Crippen LogP contribution >= 0.6 is 0 Å². The second kappa shape index (κ2) is 9.99. The van der Waals surface area contributed by atoms with Crippen LogP contribution in [0.15, 0.2) is 0 Å². The molecule has 198 valence electrons. The van der Waals surface area contributed by atoms with Crippen LogP contribution in [0.3, 0.4) is 0 Å². The maximum absolute atomic E-state index is 11.8. The predicted octanol–water partition coefficient (Wildman–Crippen LogP) is 3.14. The maximum Gasteiger partial charge on any atom is 0.174 e. The van der Waals surface area contributed by atoms with Gasteiger partial charge in [-0.15, -0.1) is 10.2 Å². The summed E-state index contributed by atoms with van der Waals surface area (Å²) in [4.78, 5) is 0. The SMILES string of the molecule is CC(CCCc1nn[nH]n1)C1CC[C@H]2[C@@H]3[C@H](O)C[C@@H]4C[C@@H](OCCO)CC[C@]4(C)[C@H]3C[C@H](O)[C@]12C. The summed E-state index contributed by atoms with van der Waals surface area (Å²) in [5, 5.41) is 46.8. The monoisotopic (exact) mass is 490 g/mol. The van der Waals surface area contributed by atoms with Gasteiger partial charge >= 0.3 is 0 Å². The number of tetrazole rings is 1. The van der Waals surface area contributed by atoms with E-state index < -0.39 is 0 Å².